The number of anilines is 1. The third-order valence-corrected chi connectivity index (χ3v) is 2.75. The van der Waals surface area contributed by atoms with Crippen LogP contribution in [-0.4, -0.2) is 24.2 Å². The Morgan fingerprint density at radius 2 is 2.18 bits per heavy atom. The molecule has 0 aromatic heterocycles. The molecule has 94 valence electrons. The summed E-state index contributed by atoms with van der Waals surface area (Å²) in [5, 5.41) is 2.99. The average molecular weight is 256 g/mol. The van der Waals surface area contributed by atoms with Crippen molar-refractivity contribution in [3.63, 3.8) is 0 Å². The summed E-state index contributed by atoms with van der Waals surface area (Å²) in [6.07, 6.45) is 0. The van der Waals surface area contributed by atoms with Crippen LogP contribution in [0.15, 0.2) is 18.2 Å². The minimum atomic E-state index is -0.373. The normalized spacial score (nSPS) is 11.3. The summed E-state index contributed by atoms with van der Waals surface area (Å²) in [6.45, 7) is 4.34. The number of nitrogens with two attached hydrogens (primary N) is 1. The third kappa shape index (κ3) is 3.94. The first kappa shape index (κ1) is 13.9. The van der Waals surface area contributed by atoms with Gasteiger partial charge in [0.1, 0.15) is 10.8 Å². The standard InChI is InChI=1S/C12H17FN2OS/c1-12(2,16-3)7-15-10-5-4-8(11(14)17)6-9(10)13/h4-6,15H,7H2,1-3H3,(H2,14,17). The molecular weight excluding hydrogens is 239 g/mol. The van der Waals surface area contributed by atoms with Gasteiger partial charge in [-0.15, -0.1) is 0 Å². The number of hydrogen-bond donors (Lipinski definition) is 2. The first-order valence-electron chi connectivity index (χ1n) is 5.24. The Labute approximate surface area is 106 Å². The highest BCUT2D eigenvalue weighted by atomic mass is 32.1. The summed E-state index contributed by atoms with van der Waals surface area (Å²) in [7, 11) is 1.62. The fourth-order valence-corrected chi connectivity index (χ4v) is 1.32. The van der Waals surface area contributed by atoms with E-state index in [0.29, 0.717) is 17.8 Å². The fourth-order valence-electron chi connectivity index (χ4n) is 1.19. The quantitative estimate of drug-likeness (QED) is 0.794. The molecule has 3 nitrogen and oxygen atoms in total. The second kappa shape index (κ2) is 5.42. The van der Waals surface area contributed by atoms with E-state index in [1.54, 1.807) is 19.2 Å². The van der Waals surface area contributed by atoms with Gasteiger partial charge in [0.2, 0.25) is 0 Å². The van der Waals surface area contributed by atoms with Crippen molar-refractivity contribution in [2.75, 3.05) is 19.0 Å². The van der Waals surface area contributed by atoms with Crippen molar-refractivity contribution in [3.8, 4) is 0 Å². The van der Waals surface area contributed by atoms with Gasteiger partial charge < -0.3 is 15.8 Å². The number of thiocarbonyl (C=S) groups is 1. The second-order valence-corrected chi connectivity index (χ2v) is 4.82. The molecule has 1 rings (SSSR count). The van der Waals surface area contributed by atoms with E-state index in [1.165, 1.54) is 6.07 Å². The predicted molar refractivity (Wildman–Crippen MR) is 71.9 cm³/mol. The van der Waals surface area contributed by atoms with Crippen molar-refractivity contribution in [2.24, 2.45) is 5.73 Å². The maximum absolute atomic E-state index is 13.7. The van der Waals surface area contributed by atoms with Crippen LogP contribution in [0.2, 0.25) is 0 Å². The molecule has 0 unspecified atom stereocenters. The van der Waals surface area contributed by atoms with Crippen LogP contribution in [0.25, 0.3) is 0 Å². The molecule has 5 heteroatoms. The van der Waals surface area contributed by atoms with Gasteiger partial charge in [-0.1, -0.05) is 12.2 Å². The predicted octanol–water partition coefficient (Wildman–Crippen LogP) is 2.30. The number of halogens is 1. The maximum Gasteiger partial charge on any atom is 0.146 e. The summed E-state index contributed by atoms with van der Waals surface area (Å²) in [4.78, 5) is 0.188. The molecule has 0 heterocycles. The van der Waals surface area contributed by atoms with E-state index in [0.717, 1.165) is 0 Å². The zero-order valence-electron chi connectivity index (χ0n) is 10.2. The maximum atomic E-state index is 13.7. The topological polar surface area (TPSA) is 47.3 Å². The van der Waals surface area contributed by atoms with E-state index in [2.05, 4.69) is 5.32 Å². The largest absolute Gasteiger partial charge is 0.389 e. The van der Waals surface area contributed by atoms with Crippen molar-refractivity contribution in [3.05, 3.63) is 29.6 Å². The number of benzene rings is 1. The molecule has 3 N–H and O–H groups in total. The number of ether oxygens (including phenoxy) is 1. The van der Waals surface area contributed by atoms with E-state index >= 15 is 0 Å². The Morgan fingerprint density at radius 3 is 2.65 bits per heavy atom. The van der Waals surface area contributed by atoms with Crippen molar-refractivity contribution < 1.29 is 9.13 Å². The lowest BCUT2D eigenvalue weighted by Crippen LogP contribution is -2.32. The molecule has 17 heavy (non-hydrogen) atoms. The van der Waals surface area contributed by atoms with Crippen LogP contribution in [-0.2, 0) is 4.74 Å². The molecular formula is C12H17FN2OS. The Morgan fingerprint density at radius 1 is 1.53 bits per heavy atom. The molecule has 0 aliphatic heterocycles. The Kier molecular flexibility index (Phi) is 4.42. The zero-order chi connectivity index (χ0) is 13.1. The van der Waals surface area contributed by atoms with Gasteiger partial charge in [-0.2, -0.15) is 0 Å². The van der Waals surface area contributed by atoms with Crippen LogP contribution < -0.4 is 11.1 Å². The summed E-state index contributed by atoms with van der Waals surface area (Å²) < 4.78 is 18.9. The van der Waals surface area contributed by atoms with Gasteiger partial charge in [-0.3, -0.25) is 0 Å². The number of rotatable bonds is 5. The molecule has 0 amide bonds. The Balaban J connectivity index is 2.77. The molecule has 1 aromatic carbocycles. The summed E-state index contributed by atoms with van der Waals surface area (Å²) in [5.74, 6) is -0.373. The van der Waals surface area contributed by atoms with Crippen molar-refractivity contribution in [1.82, 2.24) is 0 Å². The van der Waals surface area contributed by atoms with Gasteiger partial charge in [0, 0.05) is 19.2 Å². The lowest BCUT2D eigenvalue weighted by molar-refractivity contribution is 0.0343. The molecule has 0 fully saturated rings. The van der Waals surface area contributed by atoms with Crippen LogP contribution in [0.1, 0.15) is 19.4 Å². The van der Waals surface area contributed by atoms with E-state index in [1.807, 2.05) is 13.8 Å². The molecule has 0 bridgehead atoms. The SMILES string of the molecule is COC(C)(C)CNc1ccc(C(N)=S)cc1F. The van der Waals surface area contributed by atoms with Gasteiger partial charge in [0.05, 0.1) is 11.3 Å². The molecule has 0 saturated carbocycles. The van der Waals surface area contributed by atoms with E-state index in [9.17, 15) is 4.39 Å². The van der Waals surface area contributed by atoms with Crippen LogP contribution >= 0.6 is 12.2 Å². The second-order valence-electron chi connectivity index (χ2n) is 4.38. The molecule has 0 spiro atoms. The van der Waals surface area contributed by atoms with Crippen molar-refractivity contribution in [2.45, 2.75) is 19.4 Å². The zero-order valence-corrected chi connectivity index (χ0v) is 11.0. The van der Waals surface area contributed by atoms with Gasteiger partial charge in [-0.05, 0) is 32.0 Å². The van der Waals surface area contributed by atoms with Gasteiger partial charge in [0.25, 0.3) is 0 Å². The van der Waals surface area contributed by atoms with Crippen LogP contribution in [0, 0.1) is 5.82 Å². The van der Waals surface area contributed by atoms with Crippen molar-refractivity contribution in [1.29, 1.82) is 0 Å². The number of nitrogens with one attached hydrogen (secondary N) is 1. The third-order valence-electron chi connectivity index (χ3n) is 2.51. The highest BCUT2D eigenvalue weighted by Gasteiger charge is 2.16. The number of hydrogen-bond acceptors (Lipinski definition) is 3. The van der Waals surface area contributed by atoms with Gasteiger partial charge in [-0.25, -0.2) is 4.39 Å². The Hall–Kier alpha value is -1.20. The summed E-state index contributed by atoms with van der Waals surface area (Å²) >= 11 is 4.78. The minimum absolute atomic E-state index is 0.188. The van der Waals surface area contributed by atoms with Crippen LogP contribution in [0.5, 0.6) is 0 Å². The van der Waals surface area contributed by atoms with Crippen LogP contribution in [0.4, 0.5) is 10.1 Å². The highest BCUT2D eigenvalue weighted by molar-refractivity contribution is 7.80. The number of methoxy groups -OCH3 is 1. The molecule has 0 radical (unpaired) electrons. The average Bonchev–Trinajstić information content (AvgIpc) is 2.27. The highest BCUT2D eigenvalue weighted by Crippen LogP contribution is 2.17. The monoisotopic (exact) mass is 256 g/mol. The lowest BCUT2D eigenvalue weighted by Gasteiger charge is -2.24. The molecule has 1 aromatic rings. The van der Waals surface area contributed by atoms with Crippen LogP contribution in [0.3, 0.4) is 0 Å². The fraction of sp³-hybridized carbons (Fsp3) is 0.417. The van der Waals surface area contributed by atoms with E-state index < -0.39 is 0 Å². The summed E-state index contributed by atoms with van der Waals surface area (Å²) in [6, 6.07) is 4.63. The first-order chi connectivity index (χ1) is 7.85. The molecule has 0 aliphatic carbocycles. The molecule has 0 saturated heterocycles. The molecule has 0 atom stereocenters. The molecule has 0 aliphatic rings. The van der Waals surface area contributed by atoms with Gasteiger partial charge in [0.15, 0.2) is 0 Å². The first-order valence-corrected chi connectivity index (χ1v) is 5.65. The Bertz CT molecular complexity index is 421. The minimum Gasteiger partial charge on any atom is -0.389 e. The van der Waals surface area contributed by atoms with E-state index in [4.69, 9.17) is 22.7 Å². The smallest absolute Gasteiger partial charge is 0.146 e. The summed E-state index contributed by atoms with van der Waals surface area (Å²) in [5.41, 5.74) is 6.00. The van der Waals surface area contributed by atoms with Gasteiger partial charge >= 0.3 is 0 Å². The van der Waals surface area contributed by atoms with E-state index in [-0.39, 0.29) is 16.4 Å². The lowest BCUT2D eigenvalue weighted by atomic mass is 10.1. The van der Waals surface area contributed by atoms with Crippen molar-refractivity contribution >= 4 is 22.9 Å².